The van der Waals surface area contributed by atoms with Crippen molar-refractivity contribution in [1.82, 2.24) is 4.98 Å². The minimum atomic E-state index is -0.0210. The molecule has 0 radical (unpaired) electrons. The van der Waals surface area contributed by atoms with E-state index >= 15 is 0 Å². The second-order valence-corrected chi connectivity index (χ2v) is 5.50. The molecular formula is C14H13Cl3N2. The van der Waals surface area contributed by atoms with Crippen LogP contribution in [-0.4, -0.2) is 4.98 Å². The monoisotopic (exact) mass is 314 g/mol. The Morgan fingerprint density at radius 3 is 2.68 bits per heavy atom. The van der Waals surface area contributed by atoms with Gasteiger partial charge in [0.05, 0.1) is 21.8 Å². The van der Waals surface area contributed by atoms with Crippen molar-refractivity contribution in [2.45, 2.75) is 19.9 Å². The van der Waals surface area contributed by atoms with E-state index in [2.05, 4.69) is 10.3 Å². The molecule has 2 rings (SSSR count). The molecule has 0 spiro atoms. The maximum atomic E-state index is 6.20. The first-order chi connectivity index (χ1) is 8.99. The summed E-state index contributed by atoms with van der Waals surface area (Å²) < 4.78 is 0. The van der Waals surface area contributed by atoms with Gasteiger partial charge in [-0.05, 0) is 37.1 Å². The van der Waals surface area contributed by atoms with E-state index in [0.29, 0.717) is 15.2 Å². The van der Waals surface area contributed by atoms with Crippen LogP contribution in [0, 0.1) is 6.92 Å². The van der Waals surface area contributed by atoms with Crippen molar-refractivity contribution >= 4 is 40.5 Å². The van der Waals surface area contributed by atoms with Gasteiger partial charge in [0.15, 0.2) is 5.15 Å². The summed E-state index contributed by atoms with van der Waals surface area (Å²) >= 11 is 18.3. The van der Waals surface area contributed by atoms with Gasteiger partial charge in [-0.2, -0.15) is 0 Å². The average Bonchev–Trinajstić information content (AvgIpc) is 2.37. The van der Waals surface area contributed by atoms with Crippen molar-refractivity contribution in [1.29, 1.82) is 0 Å². The Balaban J connectivity index is 2.28. The molecule has 1 aromatic carbocycles. The molecule has 0 amide bonds. The largest absolute Gasteiger partial charge is 0.376 e. The maximum absolute atomic E-state index is 6.20. The fourth-order valence-corrected chi connectivity index (χ4v) is 2.45. The van der Waals surface area contributed by atoms with Crippen molar-refractivity contribution < 1.29 is 0 Å². The van der Waals surface area contributed by atoms with Crippen LogP contribution in [0.15, 0.2) is 30.5 Å². The van der Waals surface area contributed by atoms with E-state index in [-0.39, 0.29) is 6.04 Å². The number of aryl methyl sites for hydroxylation is 1. The first-order valence-electron chi connectivity index (χ1n) is 5.81. The molecule has 0 aliphatic rings. The van der Waals surface area contributed by atoms with Gasteiger partial charge in [-0.3, -0.25) is 0 Å². The van der Waals surface area contributed by atoms with Crippen LogP contribution in [0.5, 0.6) is 0 Å². The average molecular weight is 316 g/mol. The highest BCUT2D eigenvalue weighted by Crippen LogP contribution is 2.32. The third kappa shape index (κ3) is 3.33. The van der Waals surface area contributed by atoms with Crippen LogP contribution in [-0.2, 0) is 0 Å². The third-order valence-corrected chi connectivity index (χ3v) is 3.93. The molecule has 1 aromatic heterocycles. The lowest BCUT2D eigenvalue weighted by Gasteiger charge is -2.18. The highest BCUT2D eigenvalue weighted by Gasteiger charge is 2.13. The van der Waals surface area contributed by atoms with Crippen molar-refractivity contribution in [2.24, 2.45) is 0 Å². The van der Waals surface area contributed by atoms with Gasteiger partial charge >= 0.3 is 0 Å². The lowest BCUT2D eigenvalue weighted by Crippen LogP contribution is -2.08. The SMILES string of the molecule is Cc1cnc(Cl)c(NC(C)c2cccc(Cl)c2Cl)c1. The molecule has 1 heterocycles. The zero-order valence-corrected chi connectivity index (χ0v) is 12.8. The molecule has 0 fully saturated rings. The van der Waals surface area contributed by atoms with Crippen molar-refractivity contribution in [3.8, 4) is 0 Å². The molecule has 2 aromatic rings. The first-order valence-corrected chi connectivity index (χ1v) is 6.95. The van der Waals surface area contributed by atoms with Gasteiger partial charge in [-0.25, -0.2) is 4.98 Å². The van der Waals surface area contributed by atoms with E-state index in [4.69, 9.17) is 34.8 Å². The van der Waals surface area contributed by atoms with Crippen LogP contribution in [0.25, 0.3) is 0 Å². The predicted octanol–water partition coefficient (Wildman–Crippen LogP) is 5.52. The molecule has 2 nitrogen and oxygen atoms in total. The minimum Gasteiger partial charge on any atom is -0.376 e. The maximum Gasteiger partial charge on any atom is 0.152 e. The van der Waals surface area contributed by atoms with E-state index in [1.54, 1.807) is 12.3 Å². The van der Waals surface area contributed by atoms with Crippen molar-refractivity contribution in [2.75, 3.05) is 5.32 Å². The van der Waals surface area contributed by atoms with E-state index in [0.717, 1.165) is 16.8 Å². The molecule has 0 aliphatic carbocycles. The van der Waals surface area contributed by atoms with Crippen LogP contribution in [0.4, 0.5) is 5.69 Å². The molecule has 19 heavy (non-hydrogen) atoms. The van der Waals surface area contributed by atoms with E-state index in [1.807, 2.05) is 32.0 Å². The Hall–Kier alpha value is -0.960. The molecule has 1 atom stereocenters. The van der Waals surface area contributed by atoms with Crippen LogP contribution in [0.1, 0.15) is 24.1 Å². The van der Waals surface area contributed by atoms with Crippen molar-refractivity contribution in [3.63, 3.8) is 0 Å². The summed E-state index contributed by atoms with van der Waals surface area (Å²) in [6, 6.07) is 7.50. The zero-order chi connectivity index (χ0) is 14.0. The Labute approximate surface area is 127 Å². The van der Waals surface area contributed by atoms with Gasteiger partial charge in [0.2, 0.25) is 0 Å². The topological polar surface area (TPSA) is 24.9 Å². The quantitative estimate of drug-likeness (QED) is 0.754. The normalized spacial score (nSPS) is 12.3. The molecule has 0 saturated carbocycles. The number of aromatic nitrogens is 1. The van der Waals surface area contributed by atoms with Crippen molar-refractivity contribution in [3.05, 3.63) is 56.8 Å². The van der Waals surface area contributed by atoms with Crippen LogP contribution >= 0.6 is 34.8 Å². The van der Waals surface area contributed by atoms with Gasteiger partial charge < -0.3 is 5.32 Å². The van der Waals surface area contributed by atoms with Gasteiger partial charge in [-0.1, -0.05) is 46.9 Å². The molecule has 1 unspecified atom stereocenters. The third-order valence-electron chi connectivity index (χ3n) is 2.80. The summed E-state index contributed by atoms with van der Waals surface area (Å²) in [5.74, 6) is 0. The molecule has 5 heteroatoms. The number of pyridine rings is 1. The number of hydrogen-bond acceptors (Lipinski definition) is 2. The molecular weight excluding hydrogens is 303 g/mol. The Morgan fingerprint density at radius 1 is 1.21 bits per heavy atom. The van der Waals surface area contributed by atoms with Crippen LogP contribution < -0.4 is 5.32 Å². The highest BCUT2D eigenvalue weighted by atomic mass is 35.5. The number of hydrogen-bond donors (Lipinski definition) is 1. The Bertz CT molecular complexity index is 599. The zero-order valence-electron chi connectivity index (χ0n) is 10.5. The van der Waals surface area contributed by atoms with Crippen LogP contribution in [0.2, 0.25) is 15.2 Å². The minimum absolute atomic E-state index is 0.0210. The summed E-state index contributed by atoms with van der Waals surface area (Å²) in [5.41, 5.74) is 2.74. The Kier molecular flexibility index (Phi) is 4.56. The van der Waals surface area contributed by atoms with E-state index < -0.39 is 0 Å². The number of rotatable bonds is 3. The lowest BCUT2D eigenvalue weighted by atomic mass is 10.1. The molecule has 0 saturated heterocycles. The van der Waals surface area contributed by atoms with E-state index in [1.165, 1.54) is 0 Å². The Morgan fingerprint density at radius 2 is 1.95 bits per heavy atom. The number of halogens is 3. The van der Waals surface area contributed by atoms with Gasteiger partial charge in [0.1, 0.15) is 0 Å². The lowest BCUT2D eigenvalue weighted by molar-refractivity contribution is 0.883. The summed E-state index contributed by atoms with van der Waals surface area (Å²) in [4.78, 5) is 4.11. The highest BCUT2D eigenvalue weighted by molar-refractivity contribution is 6.42. The molecule has 0 bridgehead atoms. The second kappa shape index (κ2) is 6.00. The molecule has 100 valence electrons. The fourth-order valence-electron chi connectivity index (χ4n) is 1.82. The fraction of sp³-hybridized carbons (Fsp3) is 0.214. The summed E-state index contributed by atoms with van der Waals surface area (Å²) in [7, 11) is 0. The summed E-state index contributed by atoms with van der Waals surface area (Å²) in [6.45, 7) is 3.96. The van der Waals surface area contributed by atoms with Gasteiger partial charge in [0, 0.05) is 6.20 Å². The summed E-state index contributed by atoms with van der Waals surface area (Å²) in [6.07, 6.45) is 1.73. The summed E-state index contributed by atoms with van der Waals surface area (Å²) in [5, 5.41) is 4.84. The number of nitrogens with zero attached hydrogens (tertiary/aromatic N) is 1. The number of benzene rings is 1. The van der Waals surface area contributed by atoms with Gasteiger partial charge in [0.25, 0.3) is 0 Å². The molecule has 0 aliphatic heterocycles. The number of nitrogens with one attached hydrogen (secondary N) is 1. The standard InChI is InChI=1S/C14H13Cl3N2/c1-8-6-12(14(17)18-7-8)19-9(2)10-4-3-5-11(15)13(10)16/h3-7,9,19H,1-2H3. The first kappa shape index (κ1) is 14.4. The van der Waals surface area contributed by atoms with E-state index in [9.17, 15) is 0 Å². The number of anilines is 1. The van der Waals surface area contributed by atoms with Crippen LogP contribution in [0.3, 0.4) is 0 Å². The predicted molar refractivity (Wildman–Crippen MR) is 82.5 cm³/mol. The van der Waals surface area contributed by atoms with Gasteiger partial charge in [-0.15, -0.1) is 0 Å². The molecule has 1 N–H and O–H groups in total. The second-order valence-electron chi connectivity index (χ2n) is 4.36. The smallest absolute Gasteiger partial charge is 0.152 e.